The first-order chi connectivity index (χ1) is 7.99. The summed E-state index contributed by atoms with van der Waals surface area (Å²) in [6.07, 6.45) is 1.00. The van der Waals surface area contributed by atoms with Crippen molar-refractivity contribution in [3.8, 4) is 17.2 Å². The standard InChI is InChI=1S/C12H14O5/c1-7(13)4-9(14)12-10(15)5-8(16-2)6-11(12)17-3/h4-6,14-15H,1-3H3. The predicted molar refractivity (Wildman–Crippen MR) is 62.5 cm³/mol. The monoisotopic (exact) mass is 238 g/mol. The molecule has 1 aromatic carbocycles. The lowest BCUT2D eigenvalue weighted by molar-refractivity contribution is -0.112. The second-order valence-electron chi connectivity index (χ2n) is 3.36. The molecule has 17 heavy (non-hydrogen) atoms. The van der Waals surface area contributed by atoms with Crippen molar-refractivity contribution in [1.29, 1.82) is 0 Å². The van der Waals surface area contributed by atoms with Gasteiger partial charge in [-0.2, -0.15) is 0 Å². The Kier molecular flexibility index (Phi) is 3.98. The summed E-state index contributed by atoms with van der Waals surface area (Å²) in [7, 11) is 2.83. The van der Waals surface area contributed by atoms with Crippen LogP contribution in [0.4, 0.5) is 0 Å². The topological polar surface area (TPSA) is 76.0 Å². The largest absolute Gasteiger partial charge is 0.507 e. The molecule has 5 nitrogen and oxygen atoms in total. The summed E-state index contributed by atoms with van der Waals surface area (Å²) in [5, 5.41) is 19.5. The first kappa shape index (κ1) is 12.9. The van der Waals surface area contributed by atoms with Gasteiger partial charge in [-0.15, -0.1) is 0 Å². The average molecular weight is 238 g/mol. The van der Waals surface area contributed by atoms with E-state index in [2.05, 4.69) is 0 Å². The van der Waals surface area contributed by atoms with E-state index in [0.29, 0.717) is 5.75 Å². The molecule has 0 aliphatic carbocycles. The number of methoxy groups -OCH3 is 2. The highest BCUT2D eigenvalue weighted by atomic mass is 16.5. The van der Waals surface area contributed by atoms with Crippen LogP contribution in [0.15, 0.2) is 18.2 Å². The highest BCUT2D eigenvalue weighted by molar-refractivity contribution is 5.94. The Morgan fingerprint density at radius 2 is 1.94 bits per heavy atom. The molecule has 0 aliphatic heterocycles. The van der Waals surface area contributed by atoms with Crippen molar-refractivity contribution in [3.63, 3.8) is 0 Å². The van der Waals surface area contributed by atoms with Gasteiger partial charge in [0.05, 0.1) is 14.2 Å². The normalized spacial score (nSPS) is 11.1. The van der Waals surface area contributed by atoms with Crippen molar-refractivity contribution in [2.45, 2.75) is 6.92 Å². The van der Waals surface area contributed by atoms with Gasteiger partial charge >= 0.3 is 0 Å². The van der Waals surface area contributed by atoms with Gasteiger partial charge in [-0.3, -0.25) is 4.79 Å². The van der Waals surface area contributed by atoms with Gasteiger partial charge in [0, 0.05) is 18.2 Å². The minimum Gasteiger partial charge on any atom is -0.507 e. The van der Waals surface area contributed by atoms with E-state index in [1.807, 2.05) is 0 Å². The predicted octanol–water partition coefficient (Wildman–Crippen LogP) is 1.90. The quantitative estimate of drug-likeness (QED) is 0.619. The van der Waals surface area contributed by atoms with E-state index in [-0.39, 0.29) is 28.6 Å². The maximum atomic E-state index is 10.9. The number of aromatic hydroxyl groups is 1. The van der Waals surface area contributed by atoms with Crippen LogP contribution < -0.4 is 9.47 Å². The molecule has 5 heteroatoms. The van der Waals surface area contributed by atoms with E-state index in [4.69, 9.17) is 9.47 Å². The second-order valence-corrected chi connectivity index (χ2v) is 3.36. The fourth-order valence-corrected chi connectivity index (χ4v) is 1.38. The molecule has 92 valence electrons. The summed E-state index contributed by atoms with van der Waals surface area (Å²) in [6.45, 7) is 1.29. The number of carbonyl (C=O) groups is 1. The molecule has 0 heterocycles. The zero-order valence-electron chi connectivity index (χ0n) is 9.85. The van der Waals surface area contributed by atoms with Crippen molar-refractivity contribution >= 4 is 11.5 Å². The molecule has 0 aliphatic rings. The first-order valence-corrected chi connectivity index (χ1v) is 4.86. The molecule has 0 fully saturated rings. The molecule has 0 saturated carbocycles. The van der Waals surface area contributed by atoms with Crippen molar-refractivity contribution in [1.82, 2.24) is 0 Å². The fourth-order valence-electron chi connectivity index (χ4n) is 1.38. The third-order valence-electron chi connectivity index (χ3n) is 2.11. The smallest absolute Gasteiger partial charge is 0.156 e. The van der Waals surface area contributed by atoms with Crippen LogP contribution in [0.2, 0.25) is 0 Å². The lowest BCUT2D eigenvalue weighted by Gasteiger charge is -2.11. The molecule has 0 amide bonds. The summed E-state index contributed by atoms with van der Waals surface area (Å²) in [5.41, 5.74) is 0.0588. The van der Waals surface area contributed by atoms with Gasteiger partial charge in [-0.25, -0.2) is 0 Å². The van der Waals surface area contributed by atoms with Crippen molar-refractivity contribution < 1.29 is 24.5 Å². The van der Waals surface area contributed by atoms with Gasteiger partial charge in [0.25, 0.3) is 0 Å². The van der Waals surface area contributed by atoms with Crippen LogP contribution in [0.3, 0.4) is 0 Å². The maximum Gasteiger partial charge on any atom is 0.156 e. The first-order valence-electron chi connectivity index (χ1n) is 4.86. The molecule has 0 radical (unpaired) electrons. The third-order valence-corrected chi connectivity index (χ3v) is 2.11. The molecule has 0 atom stereocenters. The SMILES string of the molecule is COc1cc(O)c(C(O)=CC(C)=O)c(OC)c1. The van der Waals surface area contributed by atoms with E-state index in [1.165, 1.54) is 33.3 Å². The van der Waals surface area contributed by atoms with Crippen molar-refractivity contribution in [2.75, 3.05) is 14.2 Å². The number of aliphatic hydroxyl groups excluding tert-OH is 1. The summed E-state index contributed by atoms with van der Waals surface area (Å²) in [5.74, 6) is -0.305. The molecule has 1 rings (SSSR count). The van der Waals surface area contributed by atoms with Crippen molar-refractivity contribution in [3.05, 3.63) is 23.8 Å². The number of hydrogen-bond acceptors (Lipinski definition) is 5. The minimum absolute atomic E-state index is 0.0588. The lowest BCUT2D eigenvalue weighted by Crippen LogP contribution is -1.96. The van der Waals surface area contributed by atoms with Crippen LogP contribution in [-0.4, -0.2) is 30.2 Å². The van der Waals surface area contributed by atoms with Gasteiger partial charge in [0.1, 0.15) is 28.6 Å². The van der Waals surface area contributed by atoms with Crippen LogP contribution in [0, 0.1) is 0 Å². The minimum atomic E-state index is -0.352. The lowest BCUT2D eigenvalue weighted by atomic mass is 10.1. The molecule has 0 bridgehead atoms. The molecular weight excluding hydrogens is 224 g/mol. The number of rotatable bonds is 4. The number of phenolic OH excluding ortho intramolecular Hbond substituents is 1. The Bertz CT molecular complexity index is 462. The highest BCUT2D eigenvalue weighted by Crippen LogP contribution is 2.37. The number of phenols is 1. The summed E-state index contributed by atoms with van der Waals surface area (Å²) in [6, 6.07) is 2.82. The molecule has 0 saturated heterocycles. The number of carbonyl (C=O) groups excluding carboxylic acids is 1. The average Bonchev–Trinajstić information content (AvgIpc) is 2.26. The van der Waals surface area contributed by atoms with Crippen LogP contribution in [0.25, 0.3) is 5.76 Å². The van der Waals surface area contributed by atoms with E-state index >= 15 is 0 Å². The summed E-state index contributed by atoms with van der Waals surface area (Å²) < 4.78 is 9.96. The number of benzene rings is 1. The number of ketones is 1. The van der Waals surface area contributed by atoms with Gasteiger partial charge < -0.3 is 19.7 Å². The maximum absolute atomic E-state index is 10.9. The Labute approximate surface area is 98.9 Å². The van der Waals surface area contributed by atoms with Crippen LogP contribution >= 0.6 is 0 Å². The van der Waals surface area contributed by atoms with Crippen LogP contribution in [0.1, 0.15) is 12.5 Å². The van der Waals surface area contributed by atoms with Gasteiger partial charge in [-0.05, 0) is 6.92 Å². The zero-order valence-corrected chi connectivity index (χ0v) is 9.85. The molecule has 1 aromatic rings. The Morgan fingerprint density at radius 3 is 2.41 bits per heavy atom. The van der Waals surface area contributed by atoms with Gasteiger partial charge in [-0.1, -0.05) is 0 Å². The van der Waals surface area contributed by atoms with E-state index < -0.39 is 0 Å². The number of aliphatic hydroxyl groups is 1. The number of allylic oxidation sites excluding steroid dienone is 1. The number of ether oxygens (including phenoxy) is 2. The summed E-state index contributed by atoms with van der Waals surface area (Å²) in [4.78, 5) is 10.9. The van der Waals surface area contributed by atoms with Crippen LogP contribution in [-0.2, 0) is 4.79 Å². The molecule has 0 spiro atoms. The Hall–Kier alpha value is -2.17. The van der Waals surface area contributed by atoms with Gasteiger partial charge in [0.2, 0.25) is 0 Å². The molecule has 0 aromatic heterocycles. The molecule has 2 N–H and O–H groups in total. The van der Waals surface area contributed by atoms with Crippen LogP contribution in [0.5, 0.6) is 17.2 Å². The zero-order chi connectivity index (χ0) is 13.0. The van der Waals surface area contributed by atoms with E-state index in [1.54, 1.807) is 0 Å². The number of hydrogen-bond donors (Lipinski definition) is 2. The molecular formula is C12H14O5. The van der Waals surface area contributed by atoms with Gasteiger partial charge in [0.15, 0.2) is 5.78 Å². The highest BCUT2D eigenvalue weighted by Gasteiger charge is 2.15. The van der Waals surface area contributed by atoms with E-state index in [0.717, 1.165) is 6.08 Å². The Morgan fingerprint density at radius 1 is 1.29 bits per heavy atom. The Balaban J connectivity index is 3.37. The summed E-state index contributed by atoms with van der Waals surface area (Å²) >= 11 is 0. The van der Waals surface area contributed by atoms with Crippen molar-refractivity contribution in [2.24, 2.45) is 0 Å². The fraction of sp³-hybridized carbons (Fsp3) is 0.250. The third kappa shape index (κ3) is 2.90. The van der Waals surface area contributed by atoms with E-state index in [9.17, 15) is 15.0 Å². The molecule has 0 unspecified atom stereocenters. The second kappa shape index (κ2) is 5.25.